The number of piperidine rings is 1. The second kappa shape index (κ2) is 12.9. The number of aromatic nitrogens is 1. The summed E-state index contributed by atoms with van der Waals surface area (Å²) >= 11 is 0. The number of hydrogen-bond donors (Lipinski definition) is 2. The highest BCUT2D eigenvalue weighted by Gasteiger charge is 2.21. The first-order chi connectivity index (χ1) is 19.1. The maximum atomic E-state index is 13.2. The Balaban J connectivity index is 1.30. The van der Waals surface area contributed by atoms with Crippen molar-refractivity contribution in [1.82, 2.24) is 4.98 Å². The van der Waals surface area contributed by atoms with Gasteiger partial charge in [-0.15, -0.1) is 0 Å². The average Bonchev–Trinajstić information content (AvgIpc) is 2.89. The molecule has 0 atom stereocenters. The van der Waals surface area contributed by atoms with E-state index in [4.69, 9.17) is 9.47 Å². The molecule has 0 saturated carbocycles. The number of carbonyl (C=O) groups excluding carboxylic acids is 2. The molecule has 1 aliphatic rings. The molecule has 0 unspecified atom stereocenters. The van der Waals surface area contributed by atoms with Crippen molar-refractivity contribution in [2.45, 2.75) is 59.5 Å². The Bertz CT molecular complexity index is 1310. The minimum Gasteiger partial charge on any atom is -0.493 e. The second-order valence-corrected chi connectivity index (χ2v) is 11.4. The number of rotatable bonds is 8. The highest BCUT2D eigenvalue weighted by atomic mass is 16.6. The molecule has 0 spiro atoms. The van der Waals surface area contributed by atoms with Gasteiger partial charge in [0.2, 0.25) is 0 Å². The molecule has 0 radical (unpaired) electrons. The molecule has 2 heterocycles. The van der Waals surface area contributed by atoms with E-state index in [0.29, 0.717) is 35.8 Å². The average molecular weight is 545 g/mol. The van der Waals surface area contributed by atoms with E-state index in [1.807, 2.05) is 69.3 Å². The van der Waals surface area contributed by atoms with Crippen LogP contribution in [0.3, 0.4) is 0 Å². The van der Waals surface area contributed by atoms with Gasteiger partial charge in [0.05, 0.1) is 12.2 Å². The van der Waals surface area contributed by atoms with Crippen LogP contribution < -0.4 is 20.3 Å². The molecule has 8 heteroatoms. The Labute approximate surface area is 237 Å². The van der Waals surface area contributed by atoms with Gasteiger partial charge in [-0.05, 0) is 101 Å². The van der Waals surface area contributed by atoms with Gasteiger partial charge in [0.1, 0.15) is 17.2 Å². The van der Waals surface area contributed by atoms with Crippen LogP contribution in [-0.2, 0) is 11.2 Å². The third-order valence-electron chi connectivity index (χ3n) is 6.70. The third-order valence-corrected chi connectivity index (χ3v) is 6.70. The normalized spacial score (nSPS) is 14.0. The van der Waals surface area contributed by atoms with Crippen molar-refractivity contribution >= 4 is 29.2 Å². The summed E-state index contributed by atoms with van der Waals surface area (Å²) in [6.45, 7) is 12.1. The quantitative estimate of drug-likeness (QED) is 0.322. The van der Waals surface area contributed by atoms with E-state index in [9.17, 15) is 9.59 Å². The van der Waals surface area contributed by atoms with Crippen molar-refractivity contribution in [3.05, 3.63) is 77.5 Å². The summed E-state index contributed by atoms with van der Waals surface area (Å²) in [5, 5.41) is 5.69. The smallest absolute Gasteiger partial charge is 0.413 e. The fraction of sp³-hybridized carbons (Fsp3) is 0.406. The van der Waals surface area contributed by atoms with Gasteiger partial charge < -0.3 is 19.7 Å². The van der Waals surface area contributed by atoms with Gasteiger partial charge in [0, 0.05) is 36.6 Å². The van der Waals surface area contributed by atoms with Gasteiger partial charge in [0.15, 0.2) is 0 Å². The van der Waals surface area contributed by atoms with Crippen LogP contribution in [0, 0.1) is 12.8 Å². The molecular weight excluding hydrogens is 504 g/mol. The van der Waals surface area contributed by atoms with Crippen LogP contribution >= 0.6 is 0 Å². The molecule has 1 saturated heterocycles. The van der Waals surface area contributed by atoms with E-state index in [0.717, 1.165) is 48.8 Å². The molecule has 2 amide bonds. The summed E-state index contributed by atoms with van der Waals surface area (Å²) in [5.74, 6) is 1.73. The third kappa shape index (κ3) is 8.46. The standard InChI is InChI=1S/C32H40N4O4/c1-22-15-18-36(19-16-22)28-21-23(2)9-14-27(28)30(37)34-25-10-12-26(13-11-25)39-20-17-24-7-6-8-29(33-24)35-31(38)40-32(3,4)5/h6-14,21-22H,15-20H2,1-5H3,(H,34,37)(H,33,35,38). The van der Waals surface area contributed by atoms with Crippen LogP contribution in [0.2, 0.25) is 0 Å². The van der Waals surface area contributed by atoms with E-state index in [1.165, 1.54) is 0 Å². The molecule has 4 rings (SSSR count). The summed E-state index contributed by atoms with van der Waals surface area (Å²) in [5.41, 5.74) is 3.75. The fourth-order valence-corrected chi connectivity index (χ4v) is 4.55. The van der Waals surface area contributed by atoms with Crippen molar-refractivity contribution in [3.63, 3.8) is 0 Å². The van der Waals surface area contributed by atoms with Gasteiger partial charge in [-0.2, -0.15) is 0 Å². The Hall–Kier alpha value is -4.07. The van der Waals surface area contributed by atoms with E-state index in [1.54, 1.807) is 6.07 Å². The SMILES string of the molecule is Cc1ccc(C(=O)Nc2ccc(OCCc3cccc(NC(=O)OC(C)(C)C)n3)cc2)c(N2CCC(C)CC2)c1. The molecule has 0 bridgehead atoms. The first-order valence-electron chi connectivity index (χ1n) is 13.9. The highest BCUT2D eigenvalue weighted by Crippen LogP contribution is 2.28. The number of ether oxygens (including phenoxy) is 2. The number of nitrogens with zero attached hydrogens (tertiary/aromatic N) is 2. The van der Waals surface area contributed by atoms with E-state index >= 15 is 0 Å². The molecule has 1 fully saturated rings. The maximum absolute atomic E-state index is 13.2. The highest BCUT2D eigenvalue weighted by molar-refractivity contribution is 6.08. The number of nitrogens with one attached hydrogen (secondary N) is 2. The molecule has 3 aromatic rings. The summed E-state index contributed by atoms with van der Waals surface area (Å²) in [6, 6.07) is 18.8. The number of benzene rings is 2. The fourth-order valence-electron chi connectivity index (χ4n) is 4.55. The first kappa shape index (κ1) is 28.9. The zero-order chi connectivity index (χ0) is 28.7. The zero-order valence-corrected chi connectivity index (χ0v) is 24.1. The maximum Gasteiger partial charge on any atom is 0.413 e. The summed E-state index contributed by atoms with van der Waals surface area (Å²) in [6.07, 6.45) is 2.30. The molecule has 1 aromatic heterocycles. The van der Waals surface area contributed by atoms with Crippen molar-refractivity contribution in [1.29, 1.82) is 0 Å². The van der Waals surface area contributed by atoms with Gasteiger partial charge in [0.25, 0.3) is 5.91 Å². The summed E-state index contributed by atoms with van der Waals surface area (Å²) in [7, 11) is 0. The molecule has 0 aliphatic carbocycles. The number of anilines is 3. The molecule has 212 valence electrons. The van der Waals surface area contributed by atoms with Crippen molar-refractivity contribution in [2.24, 2.45) is 5.92 Å². The molecule has 40 heavy (non-hydrogen) atoms. The lowest BCUT2D eigenvalue weighted by atomic mass is 9.97. The number of aryl methyl sites for hydroxylation is 1. The van der Waals surface area contributed by atoms with Crippen LogP contribution in [0.4, 0.5) is 22.0 Å². The number of hydrogen-bond acceptors (Lipinski definition) is 6. The monoisotopic (exact) mass is 544 g/mol. The first-order valence-corrected chi connectivity index (χ1v) is 13.9. The summed E-state index contributed by atoms with van der Waals surface area (Å²) < 4.78 is 11.2. The van der Waals surface area contributed by atoms with Crippen molar-refractivity contribution in [3.8, 4) is 5.75 Å². The van der Waals surface area contributed by atoms with Crippen LogP contribution in [0.15, 0.2) is 60.7 Å². The Morgan fingerprint density at radius 1 is 1.00 bits per heavy atom. The van der Waals surface area contributed by atoms with Crippen LogP contribution in [0.25, 0.3) is 0 Å². The lowest BCUT2D eigenvalue weighted by molar-refractivity contribution is 0.0635. The molecule has 1 aliphatic heterocycles. The number of carbonyl (C=O) groups is 2. The Morgan fingerprint density at radius 3 is 2.42 bits per heavy atom. The van der Waals surface area contributed by atoms with Crippen LogP contribution in [0.5, 0.6) is 5.75 Å². The largest absolute Gasteiger partial charge is 0.493 e. The molecule has 2 aromatic carbocycles. The minimum absolute atomic E-state index is 0.117. The van der Waals surface area contributed by atoms with Gasteiger partial charge >= 0.3 is 6.09 Å². The Morgan fingerprint density at radius 2 is 1.73 bits per heavy atom. The van der Waals surface area contributed by atoms with Crippen LogP contribution in [0.1, 0.15) is 62.2 Å². The molecule has 8 nitrogen and oxygen atoms in total. The van der Waals surface area contributed by atoms with Crippen LogP contribution in [-0.4, -0.2) is 42.3 Å². The molecule has 2 N–H and O–H groups in total. The second-order valence-electron chi connectivity index (χ2n) is 11.4. The molecular formula is C32H40N4O4. The zero-order valence-electron chi connectivity index (χ0n) is 24.1. The van der Waals surface area contributed by atoms with Gasteiger partial charge in [-0.3, -0.25) is 10.1 Å². The topological polar surface area (TPSA) is 92.8 Å². The number of pyridine rings is 1. The van der Waals surface area contributed by atoms with E-state index < -0.39 is 11.7 Å². The van der Waals surface area contributed by atoms with Crippen molar-refractivity contribution in [2.75, 3.05) is 35.2 Å². The van der Waals surface area contributed by atoms with E-state index in [2.05, 4.69) is 40.4 Å². The van der Waals surface area contributed by atoms with Gasteiger partial charge in [-0.25, -0.2) is 9.78 Å². The van der Waals surface area contributed by atoms with Crippen molar-refractivity contribution < 1.29 is 19.1 Å². The minimum atomic E-state index is -0.580. The lowest BCUT2D eigenvalue weighted by Crippen LogP contribution is -2.34. The predicted octanol–water partition coefficient (Wildman–Crippen LogP) is 6.85. The summed E-state index contributed by atoms with van der Waals surface area (Å²) in [4.78, 5) is 32.0. The number of amides is 2. The lowest BCUT2D eigenvalue weighted by Gasteiger charge is -2.33. The Kier molecular flexibility index (Phi) is 9.30. The predicted molar refractivity (Wildman–Crippen MR) is 159 cm³/mol. The van der Waals surface area contributed by atoms with Gasteiger partial charge in [-0.1, -0.05) is 19.1 Å². The van der Waals surface area contributed by atoms with E-state index in [-0.39, 0.29) is 5.91 Å².